The second-order valence-electron chi connectivity index (χ2n) is 8.63. The van der Waals surface area contributed by atoms with Gasteiger partial charge in [0.1, 0.15) is 11.6 Å². The first-order valence-corrected chi connectivity index (χ1v) is 10.2. The quantitative estimate of drug-likeness (QED) is 0.879. The first-order valence-electron chi connectivity index (χ1n) is 10.2. The molecule has 1 spiro atoms. The molecule has 2 aliphatic carbocycles. The summed E-state index contributed by atoms with van der Waals surface area (Å²) in [5.41, 5.74) is 3.15. The Kier molecular flexibility index (Phi) is 3.97. The Hall–Kier alpha value is -2.01. The lowest BCUT2D eigenvalue weighted by molar-refractivity contribution is 0.0769. The number of rotatable bonds is 2. The number of halogens is 1. The fourth-order valence-corrected chi connectivity index (χ4v) is 5.38. The number of piperidine rings is 1. The Bertz CT molecular complexity index is 933. The van der Waals surface area contributed by atoms with E-state index in [-0.39, 0.29) is 22.8 Å². The minimum absolute atomic E-state index is 0.0350. The number of hydrogen-bond donors (Lipinski definition) is 1. The number of nitrogens with zero attached hydrogens (tertiary/aromatic N) is 2. The molecule has 1 aromatic carbocycles. The average Bonchev–Trinajstić information content (AvgIpc) is 3.42. The first kappa shape index (κ1) is 17.1. The minimum atomic E-state index is -0.165. The zero-order valence-corrected chi connectivity index (χ0v) is 15.8. The minimum Gasteiger partial charge on any atom is -0.311 e. The second kappa shape index (κ2) is 6.26. The van der Waals surface area contributed by atoms with E-state index in [1.54, 1.807) is 6.07 Å². The van der Waals surface area contributed by atoms with E-state index in [1.807, 2.05) is 19.1 Å². The van der Waals surface area contributed by atoms with Crippen molar-refractivity contribution in [3.05, 3.63) is 63.1 Å². The van der Waals surface area contributed by atoms with Gasteiger partial charge in [0.25, 0.3) is 5.56 Å². The third kappa shape index (κ3) is 2.92. The van der Waals surface area contributed by atoms with Crippen LogP contribution in [0, 0.1) is 12.7 Å². The van der Waals surface area contributed by atoms with Crippen LogP contribution in [-0.2, 0) is 11.8 Å². The van der Waals surface area contributed by atoms with Gasteiger partial charge in [-0.25, -0.2) is 9.37 Å². The van der Waals surface area contributed by atoms with Crippen molar-refractivity contribution < 1.29 is 4.39 Å². The van der Waals surface area contributed by atoms with E-state index < -0.39 is 0 Å². The van der Waals surface area contributed by atoms with Crippen molar-refractivity contribution in [2.45, 2.75) is 69.4 Å². The molecule has 1 N–H and O–H groups in total. The summed E-state index contributed by atoms with van der Waals surface area (Å²) in [5.74, 6) is 0.556. The molecule has 2 fully saturated rings. The summed E-state index contributed by atoms with van der Waals surface area (Å²) in [6.07, 6.45) is 7.49. The lowest BCUT2D eigenvalue weighted by Gasteiger charge is -2.45. The van der Waals surface area contributed by atoms with Crippen molar-refractivity contribution in [2.75, 3.05) is 6.54 Å². The van der Waals surface area contributed by atoms with Gasteiger partial charge in [-0.05, 0) is 69.7 Å². The molecule has 0 radical (unpaired) electrons. The van der Waals surface area contributed by atoms with E-state index in [2.05, 4.69) is 9.88 Å². The Morgan fingerprint density at radius 3 is 2.93 bits per heavy atom. The molecule has 2 aromatic rings. The largest absolute Gasteiger partial charge is 0.311 e. The molecule has 4 nitrogen and oxygen atoms in total. The highest BCUT2D eigenvalue weighted by atomic mass is 19.1. The number of fused-ring (bicyclic) bond motifs is 2. The van der Waals surface area contributed by atoms with E-state index in [9.17, 15) is 9.18 Å². The van der Waals surface area contributed by atoms with Crippen LogP contribution in [0.3, 0.4) is 0 Å². The molecule has 1 saturated carbocycles. The van der Waals surface area contributed by atoms with Crippen LogP contribution in [0.15, 0.2) is 29.1 Å². The van der Waals surface area contributed by atoms with E-state index in [1.165, 1.54) is 18.9 Å². The van der Waals surface area contributed by atoms with Crippen molar-refractivity contribution in [1.29, 1.82) is 0 Å². The molecule has 3 aliphatic rings. The summed E-state index contributed by atoms with van der Waals surface area (Å²) in [6, 6.07) is 7.64. The van der Waals surface area contributed by atoms with Crippen LogP contribution in [0.5, 0.6) is 0 Å². The van der Waals surface area contributed by atoms with Gasteiger partial charge in [0.05, 0.1) is 5.69 Å². The zero-order chi connectivity index (χ0) is 18.6. The van der Waals surface area contributed by atoms with Gasteiger partial charge in [-0.3, -0.25) is 9.69 Å². The van der Waals surface area contributed by atoms with E-state index in [0.29, 0.717) is 6.04 Å². The number of H-pyrrole nitrogens is 1. The van der Waals surface area contributed by atoms with Gasteiger partial charge in [0, 0.05) is 23.1 Å². The van der Waals surface area contributed by atoms with Crippen LogP contribution < -0.4 is 5.56 Å². The first-order chi connectivity index (χ1) is 13.1. The Balaban J connectivity index is 1.51. The number of benzene rings is 1. The summed E-state index contributed by atoms with van der Waals surface area (Å²) >= 11 is 0. The number of aromatic amines is 1. The maximum Gasteiger partial charge on any atom is 0.254 e. The number of likely N-dealkylation sites (tertiary alicyclic amines) is 1. The highest BCUT2D eigenvalue weighted by molar-refractivity contribution is 5.36. The van der Waals surface area contributed by atoms with Gasteiger partial charge in [-0.2, -0.15) is 0 Å². The van der Waals surface area contributed by atoms with Crippen molar-refractivity contribution in [3.63, 3.8) is 0 Å². The van der Waals surface area contributed by atoms with Crippen LogP contribution in [0.25, 0.3) is 0 Å². The van der Waals surface area contributed by atoms with Gasteiger partial charge in [-0.1, -0.05) is 18.6 Å². The van der Waals surface area contributed by atoms with Crippen LogP contribution in [0.4, 0.5) is 4.39 Å². The van der Waals surface area contributed by atoms with Gasteiger partial charge in [0.15, 0.2) is 0 Å². The molecule has 27 heavy (non-hydrogen) atoms. The molecule has 0 bridgehead atoms. The zero-order valence-electron chi connectivity index (χ0n) is 15.8. The fraction of sp³-hybridized carbons (Fsp3) is 0.545. The van der Waals surface area contributed by atoms with E-state index >= 15 is 0 Å². The molecule has 1 aliphatic heterocycles. The molecule has 1 saturated heterocycles. The summed E-state index contributed by atoms with van der Waals surface area (Å²) in [7, 11) is 0. The highest BCUT2D eigenvalue weighted by Crippen LogP contribution is 2.55. The molecule has 5 rings (SSSR count). The van der Waals surface area contributed by atoms with Crippen molar-refractivity contribution in [2.24, 2.45) is 0 Å². The van der Waals surface area contributed by atoms with Crippen LogP contribution in [0.2, 0.25) is 0 Å². The molecule has 142 valence electrons. The molecular weight excluding hydrogens is 341 g/mol. The summed E-state index contributed by atoms with van der Waals surface area (Å²) in [4.78, 5) is 22.9. The molecule has 0 amide bonds. The van der Waals surface area contributed by atoms with Gasteiger partial charge >= 0.3 is 0 Å². The smallest absolute Gasteiger partial charge is 0.254 e. The van der Waals surface area contributed by atoms with Crippen LogP contribution >= 0.6 is 0 Å². The molecule has 2 unspecified atom stereocenters. The SMILES string of the molecule is Cc1nc2c(c(=O)[nH]1)CC(N1CCCCC1c1cccc(F)c1)CC21CC1. The number of nitrogens with one attached hydrogen (secondary N) is 1. The number of aromatic nitrogens is 2. The fourth-order valence-electron chi connectivity index (χ4n) is 5.38. The Morgan fingerprint density at radius 1 is 1.30 bits per heavy atom. The van der Waals surface area contributed by atoms with Crippen molar-refractivity contribution >= 4 is 0 Å². The van der Waals surface area contributed by atoms with E-state index in [0.717, 1.165) is 61.3 Å². The lowest BCUT2D eigenvalue weighted by Crippen LogP contribution is -2.48. The Labute approximate surface area is 158 Å². The normalized spacial score (nSPS) is 26.7. The van der Waals surface area contributed by atoms with E-state index in [4.69, 9.17) is 4.98 Å². The molecule has 2 atom stereocenters. The summed E-state index contributed by atoms with van der Waals surface area (Å²) in [5, 5.41) is 0. The topological polar surface area (TPSA) is 49.0 Å². The number of aryl methyl sites for hydroxylation is 1. The summed E-state index contributed by atoms with van der Waals surface area (Å²) < 4.78 is 13.8. The number of hydrogen-bond acceptors (Lipinski definition) is 3. The van der Waals surface area contributed by atoms with Gasteiger partial charge in [0.2, 0.25) is 0 Å². The third-order valence-electron chi connectivity index (χ3n) is 6.80. The van der Waals surface area contributed by atoms with Crippen molar-refractivity contribution in [3.8, 4) is 0 Å². The monoisotopic (exact) mass is 367 g/mol. The average molecular weight is 367 g/mol. The molecule has 5 heteroatoms. The second-order valence-corrected chi connectivity index (χ2v) is 8.63. The maximum absolute atomic E-state index is 13.8. The molecule has 1 aromatic heterocycles. The molecule has 2 heterocycles. The third-order valence-corrected chi connectivity index (χ3v) is 6.80. The highest BCUT2D eigenvalue weighted by Gasteiger charge is 2.53. The standard InChI is InChI=1S/C22H26FN3O/c1-14-24-20-18(21(27)25-14)12-17(13-22(20)8-9-22)26-10-3-2-7-19(26)15-5-4-6-16(23)11-15/h4-6,11,17,19H,2-3,7-10,12-13H2,1H3,(H,24,25,27). The molecular formula is C22H26FN3O. The van der Waals surface area contributed by atoms with Gasteiger partial charge in [-0.15, -0.1) is 0 Å². The predicted molar refractivity (Wildman–Crippen MR) is 102 cm³/mol. The predicted octanol–water partition coefficient (Wildman–Crippen LogP) is 3.79. The van der Waals surface area contributed by atoms with Gasteiger partial charge < -0.3 is 4.98 Å². The van der Waals surface area contributed by atoms with Crippen LogP contribution in [0.1, 0.15) is 67.2 Å². The Morgan fingerprint density at radius 2 is 2.15 bits per heavy atom. The van der Waals surface area contributed by atoms with Crippen molar-refractivity contribution in [1.82, 2.24) is 14.9 Å². The lowest BCUT2D eigenvalue weighted by atomic mass is 9.79. The summed E-state index contributed by atoms with van der Waals surface area (Å²) in [6.45, 7) is 2.89. The van der Waals surface area contributed by atoms with Crippen LogP contribution in [-0.4, -0.2) is 27.5 Å². The maximum atomic E-state index is 13.8.